The summed E-state index contributed by atoms with van der Waals surface area (Å²) in [6.45, 7) is 0. The van der Waals surface area contributed by atoms with Crippen LogP contribution in [0.5, 0.6) is 0 Å². The fourth-order valence-electron chi connectivity index (χ4n) is 8.74. The standard InChI is InChI=1S/C52H32N2O2S/c1-3-14-33(15-4-1)53(43-22-13-25-48-52(43)40-21-10-12-24-46(40)56-48)36-27-29-49-42(31-36)51-39-20-8-7-18-37(39)44(32-50(51)57-49)54(34-16-5-2-6-17-34)35-26-28-47-41(30-35)38-19-9-11-23-45(38)55-47/h1-32H. The molecule has 268 valence electrons. The monoisotopic (exact) mass is 748 g/mol. The largest absolute Gasteiger partial charge is 0.456 e. The number of fused-ring (bicyclic) bond motifs is 11. The van der Waals surface area contributed by atoms with E-state index in [2.05, 4.69) is 180 Å². The van der Waals surface area contributed by atoms with Gasteiger partial charge in [0.25, 0.3) is 0 Å². The Balaban J connectivity index is 1.09. The molecule has 9 aromatic carbocycles. The van der Waals surface area contributed by atoms with Gasteiger partial charge in [0.1, 0.15) is 22.3 Å². The van der Waals surface area contributed by atoms with E-state index in [-0.39, 0.29) is 0 Å². The van der Waals surface area contributed by atoms with Gasteiger partial charge in [-0.2, -0.15) is 0 Å². The van der Waals surface area contributed by atoms with Crippen LogP contribution in [0.15, 0.2) is 203 Å². The predicted molar refractivity (Wildman–Crippen MR) is 241 cm³/mol. The van der Waals surface area contributed by atoms with E-state index in [1.165, 1.54) is 30.9 Å². The van der Waals surface area contributed by atoms with Crippen molar-refractivity contribution in [2.75, 3.05) is 9.80 Å². The summed E-state index contributed by atoms with van der Waals surface area (Å²) in [5.74, 6) is 0. The molecule has 0 fully saturated rings. The van der Waals surface area contributed by atoms with Crippen LogP contribution in [0.25, 0.3) is 74.8 Å². The molecule has 0 N–H and O–H groups in total. The first-order valence-corrected chi connectivity index (χ1v) is 20.0. The first-order valence-electron chi connectivity index (χ1n) is 19.2. The molecule has 12 rings (SSSR count). The molecule has 3 heterocycles. The molecular formula is C52H32N2O2S. The van der Waals surface area contributed by atoms with Crippen LogP contribution in [0.3, 0.4) is 0 Å². The minimum Gasteiger partial charge on any atom is -0.456 e. The molecule has 0 unspecified atom stereocenters. The Bertz CT molecular complexity index is 3490. The third-order valence-corrected chi connectivity index (χ3v) is 12.3. The van der Waals surface area contributed by atoms with Gasteiger partial charge in [-0.3, -0.25) is 0 Å². The Hall–Kier alpha value is -7.34. The van der Waals surface area contributed by atoms with Gasteiger partial charge in [-0.05, 0) is 96.4 Å². The lowest BCUT2D eigenvalue weighted by Gasteiger charge is -2.27. The lowest BCUT2D eigenvalue weighted by Crippen LogP contribution is -2.10. The van der Waals surface area contributed by atoms with Crippen molar-refractivity contribution in [1.82, 2.24) is 0 Å². The molecule has 0 saturated carbocycles. The van der Waals surface area contributed by atoms with Crippen LogP contribution in [-0.2, 0) is 0 Å². The van der Waals surface area contributed by atoms with Crippen LogP contribution in [-0.4, -0.2) is 0 Å². The SMILES string of the molecule is c1ccc(N(c2ccc3oc4ccccc4c3c2)c2cc3sc4ccc(N(c5ccccc5)c5cccc6oc7ccccc7c56)cc4c3c3ccccc23)cc1. The Labute approximate surface area is 331 Å². The summed E-state index contributed by atoms with van der Waals surface area (Å²) in [4.78, 5) is 4.77. The van der Waals surface area contributed by atoms with Gasteiger partial charge in [-0.15, -0.1) is 11.3 Å². The zero-order valence-electron chi connectivity index (χ0n) is 30.6. The number of nitrogens with zero attached hydrogens (tertiary/aromatic N) is 2. The summed E-state index contributed by atoms with van der Waals surface area (Å²) < 4.78 is 15.1. The Morgan fingerprint density at radius 3 is 1.60 bits per heavy atom. The van der Waals surface area contributed by atoms with Crippen LogP contribution in [0, 0.1) is 0 Å². The van der Waals surface area contributed by atoms with E-state index < -0.39 is 0 Å². The zero-order valence-corrected chi connectivity index (χ0v) is 31.4. The van der Waals surface area contributed by atoms with Crippen molar-refractivity contribution in [3.8, 4) is 0 Å². The van der Waals surface area contributed by atoms with Crippen molar-refractivity contribution in [2.45, 2.75) is 0 Å². The molecule has 0 aliphatic rings. The van der Waals surface area contributed by atoms with Gasteiger partial charge in [0, 0.05) is 64.5 Å². The van der Waals surface area contributed by atoms with E-state index in [1.807, 2.05) is 35.6 Å². The quantitative estimate of drug-likeness (QED) is 0.170. The molecule has 0 radical (unpaired) electrons. The molecule has 0 amide bonds. The maximum atomic E-state index is 6.38. The summed E-state index contributed by atoms with van der Waals surface area (Å²) in [5, 5.41) is 9.33. The molecule has 0 aliphatic carbocycles. The van der Waals surface area contributed by atoms with Gasteiger partial charge in [0.05, 0.1) is 16.8 Å². The molecule has 12 aromatic rings. The third-order valence-electron chi connectivity index (χ3n) is 11.2. The van der Waals surface area contributed by atoms with Crippen LogP contribution < -0.4 is 9.80 Å². The number of anilines is 6. The predicted octanol–water partition coefficient (Wildman–Crippen LogP) is 15.9. The Morgan fingerprint density at radius 1 is 0.298 bits per heavy atom. The highest BCUT2D eigenvalue weighted by Gasteiger charge is 2.23. The second kappa shape index (κ2) is 12.6. The summed E-state index contributed by atoms with van der Waals surface area (Å²) in [6, 6.07) is 69.0. The topological polar surface area (TPSA) is 32.8 Å². The van der Waals surface area contributed by atoms with Crippen LogP contribution >= 0.6 is 11.3 Å². The van der Waals surface area contributed by atoms with Crippen molar-refractivity contribution in [3.63, 3.8) is 0 Å². The summed E-state index contributed by atoms with van der Waals surface area (Å²) >= 11 is 1.85. The molecule has 57 heavy (non-hydrogen) atoms. The van der Waals surface area contributed by atoms with Crippen LogP contribution in [0.4, 0.5) is 34.1 Å². The number of furan rings is 2. The molecule has 0 spiro atoms. The van der Waals surface area contributed by atoms with E-state index in [1.54, 1.807) is 0 Å². The molecule has 4 nitrogen and oxygen atoms in total. The van der Waals surface area contributed by atoms with Gasteiger partial charge in [0.15, 0.2) is 0 Å². The van der Waals surface area contributed by atoms with Gasteiger partial charge < -0.3 is 18.6 Å². The van der Waals surface area contributed by atoms with Gasteiger partial charge in [-0.25, -0.2) is 0 Å². The highest BCUT2D eigenvalue weighted by atomic mass is 32.1. The lowest BCUT2D eigenvalue weighted by molar-refractivity contribution is 0.668. The summed E-state index contributed by atoms with van der Waals surface area (Å²) in [5.41, 5.74) is 10.1. The van der Waals surface area contributed by atoms with Gasteiger partial charge >= 0.3 is 0 Å². The second-order valence-corrected chi connectivity index (χ2v) is 15.5. The zero-order chi connectivity index (χ0) is 37.5. The summed E-state index contributed by atoms with van der Waals surface area (Å²) in [6.07, 6.45) is 0. The second-order valence-electron chi connectivity index (χ2n) is 14.5. The fourth-order valence-corrected chi connectivity index (χ4v) is 9.88. The molecule has 0 aliphatic heterocycles. The minimum absolute atomic E-state index is 0.873. The van der Waals surface area contributed by atoms with E-state index in [9.17, 15) is 0 Å². The molecule has 0 saturated heterocycles. The van der Waals surface area contributed by atoms with Crippen molar-refractivity contribution in [2.24, 2.45) is 0 Å². The normalized spacial score (nSPS) is 11.9. The van der Waals surface area contributed by atoms with Crippen LogP contribution in [0.2, 0.25) is 0 Å². The molecule has 0 atom stereocenters. The fraction of sp³-hybridized carbons (Fsp3) is 0. The summed E-state index contributed by atoms with van der Waals surface area (Å²) in [7, 11) is 0. The van der Waals surface area contributed by atoms with Crippen molar-refractivity contribution in [3.05, 3.63) is 194 Å². The molecule has 3 aromatic heterocycles. The number of hydrogen-bond acceptors (Lipinski definition) is 5. The number of para-hydroxylation sites is 4. The van der Waals surface area contributed by atoms with Gasteiger partial charge in [-0.1, -0.05) is 103 Å². The maximum absolute atomic E-state index is 6.38. The molecular weight excluding hydrogens is 717 g/mol. The van der Waals surface area contributed by atoms with Crippen molar-refractivity contribution in [1.29, 1.82) is 0 Å². The molecule has 5 heteroatoms. The van der Waals surface area contributed by atoms with E-state index >= 15 is 0 Å². The first-order chi connectivity index (χ1) is 28.3. The number of thiophene rings is 1. The molecule has 0 bridgehead atoms. The highest BCUT2D eigenvalue weighted by Crippen LogP contribution is 2.49. The third kappa shape index (κ3) is 4.99. The highest BCUT2D eigenvalue weighted by molar-refractivity contribution is 7.26. The van der Waals surface area contributed by atoms with Crippen molar-refractivity contribution < 1.29 is 8.83 Å². The average molecular weight is 749 g/mol. The first kappa shape index (κ1) is 32.0. The van der Waals surface area contributed by atoms with E-state index in [4.69, 9.17) is 8.83 Å². The average Bonchev–Trinajstić information content (AvgIpc) is 3.96. The lowest BCUT2D eigenvalue weighted by atomic mass is 10.00. The van der Waals surface area contributed by atoms with Gasteiger partial charge in [0.2, 0.25) is 0 Å². The maximum Gasteiger partial charge on any atom is 0.137 e. The van der Waals surface area contributed by atoms with E-state index in [0.717, 1.165) is 78.0 Å². The number of benzene rings is 9. The van der Waals surface area contributed by atoms with Crippen molar-refractivity contribution >= 4 is 120 Å². The number of hydrogen-bond donors (Lipinski definition) is 0. The Morgan fingerprint density at radius 2 is 0.842 bits per heavy atom. The van der Waals surface area contributed by atoms with E-state index in [0.29, 0.717) is 0 Å². The minimum atomic E-state index is 0.873. The Kier molecular flexibility index (Phi) is 7.06. The smallest absolute Gasteiger partial charge is 0.137 e. The number of rotatable bonds is 6. The van der Waals surface area contributed by atoms with Crippen LogP contribution in [0.1, 0.15) is 0 Å².